The van der Waals surface area contributed by atoms with Crippen LogP contribution in [0.15, 0.2) is 91.1 Å². The average Bonchev–Trinajstić information content (AvgIpc) is 3.34. The van der Waals surface area contributed by atoms with Gasteiger partial charge in [0.2, 0.25) is 0 Å². The van der Waals surface area contributed by atoms with Crippen LogP contribution < -0.4 is 15.5 Å². The lowest BCUT2D eigenvalue weighted by molar-refractivity contribution is -0.124. The fourth-order valence-electron chi connectivity index (χ4n) is 4.00. The van der Waals surface area contributed by atoms with E-state index in [0.29, 0.717) is 30.9 Å². The maximum Gasteiger partial charge on any atom is 0.267 e. The van der Waals surface area contributed by atoms with Crippen molar-refractivity contribution in [3.63, 3.8) is 0 Å². The van der Waals surface area contributed by atoms with Crippen LogP contribution in [0.25, 0.3) is 17.0 Å². The number of carbonyl (C=O) groups excluding carboxylic acids is 2. The summed E-state index contributed by atoms with van der Waals surface area (Å²) >= 11 is 0. The fourth-order valence-corrected chi connectivity index (χ4v) is 4.00. The number of ether oxygens (including phenoxy) is 1. The number of benzene rings is 3. The predicted molar refractivity (Wildman–Crippen MR) is 140 cm³/mol. The highest BCUT2D eigenvalue weighted by molar-refractivity contribution is 5.96. The van der Waals surface area contributed by atoms with E-state index in [2.05, 4.69) is 22.4 Å². The minimum atomic E-state index is -0.590. The van der Waals surface area contributed by atoms with Crippen molar-refractivity contribution in [3.05, 3.63) is 108 Å². The highest BCUT2D eigenvalue weighted by atomic mass is 16.5. The van der Waals surface area contributed by atoms with Gasteiger partial charge in [-0.25, -0.2) is 5.48 Å². The number of hydroxylamine groups is 1. The first-order chi connectivity index (χ1) is 17.6. The van der Waals surface area contributed by atoms with Crippen molar-refractivity contribution in [2.45, 2.75) is 18.9 Å². The molecule has 0 radical (unpaired) electrons. The molecule has 0 aliphatic carbocycles. The van der Waals surface area contributed by atoms with Gasteiger partial charge in [-0.3, -0.25) is 14.8 Å². The van der Waals surface area contributed by atoms with Gasteiger partial charge in [0.15, 0.2) is 5.78 Å². The second kappa shape index (κ2) is 12.5. The summed E-state index contributed by atoms with van der Waals surface area (Å²) in [7, 11) is 0. The minimum Gasteiger partial charge on any atom is -0.492 e. The van der Waals surface area contributed by atoms with Crippen molar-refractivity contribution in [2.75, 3.05) is 13.2 Å². The van der Waals surface area contributed by atoms with Crippen molar-refractivity contribution in [2.24, 2.45) is 0 Å². The van der Waals surface area contributed by atoms with Crippen molar-refractivity contribution in [3.8, 4) is 5.75 Å². The van der Waals surface area contributed by atoms with Gasteiger partial charge in [-0.05, 0) is 41.8 Å². The summed E-state index contributed by atoms with van der Waals surface area (Å²) in [6.45, 7) is 0.960. The van der Waals surface area contributed by atoms with E-state index in [1.807, 2.05) is 72.9 Å². The number of Topliss-reactive ketones (excluding diaryl/α,β-unsaturated/α-hetero) is 1. The third-order valence-electron chi connectivity index (χ3n) is 5.89. The maximum absolute atomic E-state index is 12.5. The molecule has 4 aromatic rings. The van der Waals surface area contributed by atoms with Crippen molar-refractivity contribution in [1.82, 2.24) is 15.8 Å². The molecule has 0 bridgehead atoms. The highest BCUT2D eigenvalue weighted by Crippen LogP contribution is 2.20. The summed E-state index contributed by atoms with van der Waals surface area (Å²) < 4.78 is 6.07. The molecule has 1 amide bonds. The number of nitrogens with one attached hydrogen (secondary N) is 3. The number of carbonyl (C=O) groups is 2. The van der Waals surface area contributed by atoms with Crippen LogP contribution in [0.5, 0.6) is 5.75 Å². The quantitative estimate of drug-likeness (QED) is 0.103. The Hall–Kier alpha value is -4.20. The number of amides is 1. The molecule has 0 fully saturated rings. The second-order valence-corrected chi connectivity index (χ2v) is 8.44. The smallest absolute Gasteiger partial charge is 0.267 e. The lowest BCUT2D eigenvalue weighted by Gasteiger charge is -2.19. The van der Waals surface area contributed by atoms with Crippen LogP contribution in [0.4, 0.5) is 0 Å². The van der Waals surface area contributed by atoms with Crippen molar-refractivity contribution >= 4 is 28.7 Å². The molecular weight excluding hydrogens is 454 g/mol. The first-order valence-corrected chi connectivity index (χ1v) is 11.8. The molecule has 4 rings (SSSR count). The Labute approximate surface area is 209 Å². The molecule has 184 valence electrons. The van der Waals surface area contributed by atoms with Gasteiger partial charge in [0.1, 0.15) is 12.4 Å². The fraction of sp³-hybridized carbons (Fsp3) is 0.172. The number of rotatable bonds is 12. The molecule has 7 nitrogen and oxygen atoms in total. The van der Waals surface area contributed by atoms with E-state index in [-0.39, 0.29) is 11.8 Å². The van der Waals surface area contributed by atoms with Gasteiger partial charge < -0.3 is 15.0 Å². The number of aromatic nitrogens is 1. The third-order valence-corrected chi connectivity index (χ3v) is 5.89. The first kappa shape index (κ1) is 24.9. The zero-order valence-corrected chi connectivity index (χ0v) is 19.8. The average molecular weight is 484 g/mol. The molecule has 0 saturated carbocycles. The number of fused-ring (bicyclic) bond motifs is 1. The zero-order chi connectivity index (χ0) is 25.2. The Morgan fingerprint density at radius 3 is 2.50 bits per heavy atom. The molecule has 1 heterocycles. The number of hydrogen-bond acceptors (Lipinski definition) is 5. The van der Waals surface area contributed by atoms with Crippen LogP contribution in [-0.4, -0.2) is 41.1 Å². The van der Waals surface area contributed by atoms with Gasteiger partial charge in [-0.2, -0.15) is 0 Å². The predicted octanol–water partition coefficient (Wildman–Crippen LogP) is 4.54. The van der Waals surface area contributed by atoms with Crippen molar-refractivity contribution < 1.29 is 19.5 Å². The largest absolute Gasteiger partial charge is 0.492 e. The topological polar surface area (TPSA) is 103 Å². The Morgan fingerprint density at radius 2 is 1.72 bits per heavy atom. The lowest BCUT2D eigenvalue weighted by Crippen LogP contribution is -2.37. The summed E-state index contributed by atoms with van der Waals surface area (Å²) in [5.74, 6) is 0.213. The Balaban J connectivity index is 1.39. The Kier molecular flexibility index (Phi) is 8.64. The number of ketones is 1. The molecule has 7 heteroatoms. The molecule has 0 saturated heterocycles. The minimum absolute atomic E-state index is 0.0133. The van der Waals surface area contributed by atoms with E-state index < -0.39 is 5.91 Å². The van der Waals surface area contributed by atoms with E-state index in [4.69, 9.17) is 9.94 Å². The van der Waals surface area contributed by atoms with Crippen LogP contribution in [0, 0.1) is 0 Å². The number of para-hydroxylation sites is 1. The molecule has 1 atom stereocenters. The van der Waals surface area contributed by atoms with E-state index in [1.54, 1.807) is 11.6 Å². The summed E-state index contributed by atoms with van der Waals surface area (Å²) in [4.78, 5) is 27.0. The van der Waals surface area contributed by atoms with Crippen LogP contribution in [-0.2, 0) is 11.2 Å². The standard InChI is InChI=1S/C29H29N3O4/c33-28(22-6-2-1-3-7-22)16-17-30-24(18-23-19-31-27-9-5-4-8-26(23)27)20-36-25-13-10-21(11-14-25)12-15-29(34)32-35/h1-15,19,24,30-31,35H,16-18,20H2,(H,32,34)/b15-12+/t24-/m0/s1. The molecule has 1 aromatic heterocycles. The molecule has 4 N–H and O–H groups in total. The summed E-state index contributed by atoms with van der Waals surface area (Å²) in [6, 6.07) is 24.8. The molecule has 3 aromatic carbocycles. The summed E-state index contributed by atoms with van der Waals surface area (Å²) in [6.07, 6.45) is 6.00. The molecule has 0 aliphatic rings. The SMILES string of the molecule is O=C(/C=C/c1ccc(OC[C@H](Cc2c[nH]c3ccccc23)NCCC(=O)c2ccccc2)cc1)NO. The summed E-state index contributed by atoms with van der Waals surface area (Å²) in [5, 5.41) is 13.3. The second-order valence-electron chi connectivity index (χ2n) is 8.44. The molecule has 0 spiro atoms. The van der Waals surface area contributed by atoms with Crippen LogP contribution in [0.1, 0.15) is 27.9 Å². The zero-order valence-electron chi connectivity index (χ0n) is 19.8. The maximum atomic E-state index is 12.5. The Morgan fingerprint density at radius 1 is 0.972 bits per heavy atom. The van der Waals surface area contributed by atoms with E-state index >= 15 is 0 Å². The number of hydrogen-bond donors (Lipinski definition) is 4. The number of aromatic amines is 1. The lowest BCUT2D eigenvalue weighted by atomic mass is 10.0. The van der Waals surface area contributed by atoms with Gasteiger partial charge in [0.05, 0.1) is 0 Å². The first-order valence-electron chi connectivity index (χ1n) is 11.8. The van der Waals surface area contributed by atoms with Gasteiger partial charge >= 0.3 is 0 Å². The van der Waals surface area contributed by atoms with Gasteiger partial charge in [0, 0.05) is 47.7 Å². The highest BCUT2D eigenvalue weighted by Gasteiger charge is 2.15. The monoisotopic (exact) mass is 483 g/mol. The third kappa shape index (κ3) is 6.91. The van der Waals surface area contributed by atoms with Crippen LogP contribution in [0.3, 0.4) is 0 Å². The van der Waals surface area contributed by atoms with E-state index in [1.165, 1.54) is 17.0 Å². The number of H-pyrrole nitrogens is 1. The molecular formula is C29H29N3O4. The van der Waals surface area contributed by atoms with Crippen molar-refractivity contribution in [1.29, 1.82) is 0 Å². The molecule has 0 aliphatic heterocycles. The molecule has 0 unspecified atom stereocenters. The Bertz CT molecular complexity index is 1310. The van der Waals surface area contributed by atoms with Gasteiger partial charge in [-0.15, -0.1) is 0 Å². The van der Waals surface area contributed by atoms with Gasteiger partial charge in [-0.1, -0.05) is 60.7 Å². The van der Waals surface area contributed by atoms with E-state index in [9.17, 15) is 9.59 Å². The van der Waals surface area contributed by atoms with Crippen LogP contribution in [0.2, 0.25) is 0 Å². The normalized spacial score (nSPS) is 12.0. The summed E-state index contributed by atoms with van der Waals surface area (Å²) in [5.41, 5.74) is 5.35. The van der Waals surface area contributed by atoms with Gasteiger partial charge in [0.25, 0.3) is 5.91 Å². The van der Waals surface area contributed by atoms with Crippen LogP contribution >= 0.6 is 0 Å². The molecule has 36 heavy (non-hydrogen) atoms. The van der Waals surface area contributed by atoms with E-state index in [0.717, 1.165) is 17.5 Å².